The molecule has 2 rings (SSSR count). The van der Waals surface area contributed by atoms with Crippen LogP contribution in [0.4, 0.5) is 0 Å². The van der Waals surface area contributed by atoms with Gasteiger partial charge in [0.05, 0.1) is 18.8 Å². The molecule has 0 fully saturated rings. The van der Waals surface area contributed by atoms with E-state index in [0.29, 0.717) is 47.8 Å². The molecule has 2 aromatic carbocycles. The molecule has 168 valence electrons. The minimum atomic E-state index is -0.0595. The second-order valence-corrected chi connectivity index (χ2v) is 7.66. The largest absolute Gasteiger partial charge is 0.507 e. The van der Waals surface area contributed by atoms with Gasteiger partial charge in [0.2, 0.25) is 0 Å². The van der Waals surface area contributed by atoms with E-state index in [1.165, 1.54) is 0 Å². The summed E-state index contributed by atoms with van der Waals surface area (Å²) in [5.74, 6) is 6.86. The van der Waals surface area contributed by atoms with E-state index in [2.05, 4.69) is 10.6 Å². The summed E-state index contributed by atoms with van der Waals surface area (Å²) in [7, 11) is 0. The molecule has 0 aliphatic heterocycles. The molecule has 6 N–H and O–H groups in total. The van der Waals surface area contributed by atoms with Crippen LogP contribution in [0.25, 0.3) is 0 Å². The highest BCUT2D eigenvalue weighted by molar-refractivity contribution is 5.99. The second-order valence-electron chi connectivity index (χ2n) is 7.66. The first-order chi connectivity index (χ1) is 14.8. The fourth-order valence-corrected chi connectivity index (χ4v) is 3.00. The molecule has 0 unspecified atom stereocenters. The Bertz CT molecular complexity index is 912. The third-order valence-electron chi connectivity index (χ3n) is 4.66. The normalized spacial score (nSPS) is 11.5. The highest BCUT2D eigenvalue weighted by atomic mass is 16.5. The van der Waals surface area contributed by atoms with Crippen molar-refractivity contribution in [3.63, 3.8) is 0 Å². The van der Waals surface area contributed by atoms with Crippen molar-refractivity contribution in [1.29, 1.82) is 0 Å². The maximum atomic E-state index is 12.2. The molecule has 0 aliphatic rings. The smallest absolute Gasteiger partial charge is 0.166 e. The SMILES string of the molecule is Cc1c(OCCCCOc2cccc(/C(N)=N/NN)c2)ccc(C(=O)CC(C)C)c1O. The van der Waals surface area contributed by atoms with Gasteiger partial charge in [-0.15, -0.1) is 5.10 Å². The van der Waals surface area contributed by atoms with Crippen LogP contribution in [0.3, 0.4) is 0 Å². The number of phenolic OH excluding ortho intramolecular Hbond substituents is 1. The van der Waals surface area contributed by atoms with E-state index in [1.807, 2.05) is 32.0 Å². The predicted molar refractivity (Wildman–Crippen MR) is 121 cm³/mol. The van der Waals surface area contributed by atoms with Gasteiger partial charge in [0.15, 0.2) is 11.6 Å². The Kier molecular flexibility index (Phi) is 9.14. The fraction of sp³-hybridized carbons (Fsp3) is 0.391. The number of hydrazone groups is 1. The van der Waals surface area contributed by atoms with Crippen LogP contribution in [0, 0.1) is 12.8 Å². The Morgan fingerprint density at radius 2 is 1.87 bits per heavy atom. The lowest BCUT2D eigenvalue weighted by Crippen LogP contribution is -2.23. The molecule has 0 aromatic heterocycles. The van der Waals surface area contributed by atoms with Gasteiger partial charge in [-0.05, 0) is 49.9 Å². The number of aromatic hydroxyl groups is 1. The van der Waals surface area contributed by atoms with Crippen LogP contribution in [-0.4, -0.2) is 29.9 Å². The summed E-state index contributed by atoms with van der Waals surface area (Å²) >= 11 is 0. The first kappa shape index (κ1) is 24.0. The van der Waals surface area contributed by atoms with Gasteiger partial charge in [-0.2, -0.15) is 0 Å². The molecule has 8 heteroatoms. The lowest BCUT2D eigenvalue weighted by atomic mass is 9.98. The number of hydrogen-bond donors (Lipinski definition) is 4. The monoisotopic (exact) mass is 428 g/mol. The summed E-state index contributed by atoms with van der Waals surface area (Å²) in [5.41, 5.74) is 9.60. The van der Waals surface area contributed by atoms with E-state index in [9.17, 15) is 9.90 Å². The van der Waals surface area contributed by atoms with E-state index in [-0.39, 0.29) is 23.3 Å². The summed E-state index contributed by atoms with van der Waals surface area (Å²) in [6.07, 6.45) is 1.96. The number of carbonyl (C=O) groups is 1. The molecule has 0 radical (unpaired) electrons. The summed E-state index contributed by atoms with van der Waals surface area (Å²) in [6.45, 7) is 6.70. The van der Waals surface area contributed by atoms with Crippen molar-refractivity contribution in [2.75, 3.05) is 13.2 Å². The molecule has 8 nitrogen and oxygen atoms in total. The van der Waals surface area contributed by atoms with Crippen LogP contribution in [-0.2, 0) is 0 Å². The van der Waals surface area contributed by atoms with Crippen LogP contribution in [0.15, 0.2) is 41.5 Å². The average Bonchev–Trinajstić information content (AvgIpc) is 2.73. The van der Waals surface area contributed by atoms with E-state index in [1.54, 1.807) is 25.1 Å². The van der Waals surface area contributed by atoms with Crippen LogP contribution in [0.1, 0.15) is 54.6 Å². The number of nitrogens with zero attached hydrogens (tertiary/aromatic N) is 1. The number of nitrogens with one attached hydrogen (secondary N) is 1. The number of hydrazine groups is 1. The zero-order valence-electron chi connectivity index (χ0n) is 18.4. The Balaban J connectivity index is 1.79. The van der Waals surface area contributed by atoms with Gasteiger partial charge in [0, 0.05) is 17.5 Å². The van der Waals surface area contributed by atoms with Crippen LogP contribution in [0.5, 0.6) is 17.2 Å². The maximum absolute atomic E-state index is 12.2. The standard InChI is InChI=1S/C23H32N4O4/c1-15(2)13-20(28)19-9-10-21(16(3)22(19)29)31-12-5-4-11-30-18-8-6-7-17(14-18)23(24)26-27-25/h6-10,14-15,27,29H,4-5,11-13,25H2,1-3H3,(H2,24,26). The van der Waals surface area contributed by atoms with Gasteiger partial charge in [-0.3, -0.25) is 4.79 Å². The molecule has 0 amide bonds. The van der Waals surface area contributed by atoms with Crippen molar-refractivity contribution >= 4 is 11.6 Å². The summed E-state index contributed by atoms with van der Waals surface area (Å²) in [6, 6.07) is 10.7. The molecule has 0 spiro atoms. The molecule has 31 heavy (non-hydrogen) atoms. The number of rotatable bonds is 12. The molecule has 2 aromatic rings. The van der Waals surface area contributed by atoms with E-state index in [0.717, 1.165) is 12.8 Å². The quantitative estimate of drug-likeness (QED) is 0.102. The highest BCUT2D eigenvalue weighted by Gasteiger charge is 2.17. The molecular formula is C23H32N4O4. The second kappa shape index (κ2) is 11.8. The molecular weight excluding hydrogens is 396 g/mol. The molecule has 0 bridgehead atoms. The number of benzene rings is 2. The molecule has 0 saturated heterocycles. The van der Waals surface area contributed by atoms with Crippen molar-refractivity contribution in [3.05, 3.63) is 53.1 Å². The number of carbonyl (C=O) groups excluding carboxylic acids is 1. The van der Waals surface area contributed by atoms with Gasteiger partial charge in [0.25, 0.3) is 0 Å². The first-order valence-electron chi connectivity index (χ1n) is 10.3. The zero-order chi connectivity index (χ0) is 22.8. The van der Waals surface area contributed by atoms with Gasteiger partial charge >= 0.3 is 0 Å². The minimum Gasteiger partial charge on any atom is -0.507 e. The summed E-state index contributed by atoms with van der Waals surface area (Å²) in [4.78, 5) is 12.2. The number of ketones is 1. The Labute approximate surface area is 183 Å². The van der Waals surface area contributed by atoms with Crippen molar-refractivity contribution in [2.24, 2.45) is 22.6 Å². The number of ether oxygens (including phenoxy) is 2. The maximum Gasteiger partial charge on any atom is 0.166 e. The van der Waals surface area contributed by atoms with Crippen LogP contribution >= 0.6 is 0 Å². The highest BCUT2D eigenvalue weighted by Crippen LogP contribution is 2.31. The predicted octanol–water partition coefficient (Wildman–Crippen LogP) is 3.25. The third-order valence-corrected chi connectivity index (χ3v) is 4.66. The van der Waals surface area contributed by atoms with E-state index < -0.39 is 0 Å². The van der Waals surface area contributed by atoms with Gasteiger partial charge in [-0.25, -0.2) is 11.4 Å². The van der Waals surface area contributed by atoms with Gasteiger partial charge < -0.3 is 20.3 Å². The third kappa shape index (κ3) is 7.18. The Morgan fingerprint density at radius 3 is 2.55 bits per heavy atom. The number of nitrogens with two attached hydrogens (primary N) is 2. The van der Waals surface area contributed by atoms with E-state index in [4.69, 9.17) is 21.1 Å². The van der Waals surface area contributed by atoms with Gasteiger partial charge in [0.1, 0.15) is 17.2 Å². The molecule has 0 heterocycles. The van der Waals surface area contributed by atoms with Crippen molar-refractivity contribution in [3.8, 4) is 17.2 Å². The number of phenols is 1. The molecule has 0 aliphatic carbocycles. The molecule has 0 saturated carbocycles. The van der Waals surface area contributed by atoms with Gasteiger partial charge in [-0.1, -0.05) is 26.0 Å². The number of amidine groups is 1. The van der Waals surface area contributed by atoms with Crippen LogP contribution < -0.4 is 26.6 Å². The topological polar surface area (TPSA) is 132 Å². The van der Waals surface area contributed by atoms with Crippen LogP contribution in [0.2, 0.25) is 0 Å². The Morgan fingerprint density at radius 1 is 1.16 bits per heavy atom. The first-order valence-corrected chi connectivity index (χ1v) is 10.3. The number of unbranched alkanes of at least 4 members (excludes halogenated alkanes) is 1. The number of hydrogen-bond acceptors (Lipinski definition) is 7. The van der Waals surface area contributed by atoms with Crippen molar-refractivity contribution in [2.45, 2.75) is 40.0 Å². The summed E-state index contributed by atoms with van der Waals surface area (Å²) in [5, 5.41) is 14.1. The lowest BCUT2D eigenvalue weighted by Gasteiger charge is -2.13. The zero-order valence-corrected chi connectivity index (χ0v) is 18.4. The minimum absolute atomic E-state index is 0.000914. The number of Topliss-reactive ketones (excluding diaryl/α,β-unsaturated/α-hetero) is 1. The summed E-state index contributed by atoms with van der Waals surface area (Å²) < 4.78 is 11.5. The average molecular weight is 429 g/mol. The Hall–Kier alpha value is -3.26. The van der Waals surface area contributed by atoms with Crippen molar-refractivity contribution in [1.82, 2.24) is 5.53 Å². The molecule has 0 atom stereocenters. The van der Waals surface area contributed by atoms with E-state index >= 15 is 0 Å². The fourth-order valence-electron chi connectivity index (χ4n) is 3.00. The lowest BCUT2D eigenvalue weighted by molar-refractivity contribution is 0.0965. The van der Waals surface area contributed by atoms with Crippen molar-refractivity contribution < 1.29 is 19.4 Å².